The number of rotatable bonds is 8. The van der Waals surface area contributed by atoms with Crippen molar-refractivity contribution < 1.29 is 0 Å². The van der Waals surface area contributed by atoms with Gasteiger partial charge in [0.05, 0.1) is 0 Å². The molecule has 0 radical (unpaired) electrons. The number of benzene rings is 10. The summed E-state index contributed by atoms with van der Waals surface area (Å²) in [5, 5.41) is 10.5. The summed E-state index contributed by atoms with van der Waals surface area (Å²) >= 11 is 0. The maximum absolute atomic E-state index is 2.45. The molecule has 66 heavy (non-hydrogen) atoms. The lowest BCUT2D eigenvalue weighted by Gasteiger charge is -2.20. The summed E-state index contributed by atoms with van der Waals surface area (Å²) < 4.78 is 0. The molecule has 0 heterocycles. The first-order chi connectivity index (χ1) is 32.4. The molecule has 320 valence electrons. The Morgan fingerprint density at radius 3 is 0.909 bits per heavy atom. The Morgan fingerprint density at radius 1 is 0.288 bits per heavy atom. The first-order valence-corrected chi connectivity index (χ1v) is 24.1. The molecule has 0 aromatic heterocycles. The third-order valence-corrected chi connectivity index (χ3v) is 14.2. The molecule has 0 unspecified atom stereocenters. The highest BCUT2D eigenvalue weighted by Crippen LogP contribution is 2.46. The minimum atomic E-state index is 0.453. The monoisotopic (exact) mass is 848 g/mol. The first kappa shape index (κ1) is 41.4. The minimum absolute atomic E-state index is 0.453. The van der Waals surface area contributed by atoms with E-state index in [2.05, 4.69) is 234 Å². The molecule has 0 saturated heterocycles. The topological polar surface area (TPSA) is 0 Å². The van der Waals surface area contributed by atoms with Crippen LogP contribution in [-0.2, 0) is 0 Å². The van der Waals surface area contributed by atoms with Crippen LogP contribution in [0.15, 0.2) is 205 Å². The first-order valence-electron chi connectivity index (χ1n) is 24.1. The van der Waals surface area contributed by atoms with E-state index < -0.39 is 0 Å². The molecule has 1 aliphatic rings. The zero-order valence-electron chi connectivity index (χ0n) is 38.6. The van der Waals surface area contributed by atoms with Crippen LogP contribution in [0.25, 0.3) is 99.7 Å². The largest absolute Gasteiger partial charge is 0.0690 e. The molecule has 0 nitrogen and oxygen atoms in total. The van der Waals surface area contributed by atoms with Crippen LogP contribution >= 0.6 is 0 Å². The molecule has 0 spiro atoms. The summed E-state index contributed by atoms with van der Waals surface area (Å²) in [6.07, 6.45) is 9.30. The predicted octanol–water partition coefficient (Wildman–Crippen LogP) is 19.3. The normalized spacial score (nSPS) is 13.1. The lowest BCUT2D eigenvalue weighted by molar-refractivity contribution is 0.739. The van der Waals surface area contributed by atoms with Gasteiger partial charge in [0.2, 0.25) is 0 Å². The highest BCUT2D eigenvalue weighted by Gasteiger charge is 2.20. The van der Waals surface area contributed by atoms with E-state index in [1.807, 2.05) is 0 Å². The van der Waals surface area contributed by atoms with Gasteiger partial charge >= 0.3 is 0 Å². The molecule has 0 aliphatic heterocycles. The fourth-order valence-electron chi connectivity index (χ4n) is 10.7. The van der Waals surface area contributed by atoms with Crippen LogP contribution < -0.4 is 0 Å². The SMILES string of the molecule is CC(C)c1ccc2c(-c3ccc(C=C4CCC(=Cc5ccc(-c6c7ccccc7c(-c7ccccc7)c7cc(C(C)C)ccc67)cc5)CC4)cc3)c3ccccc3c(-c3ccccc3)c2c1. The minimum Gasteiger partial charge on any atom is -0.0690 e. The van der Waals surface area contributed by atoms with Gasteiger partial charge in [-0.25, -0.2) is 0 Å². The van der Waals surface area contributed by atoms with Crippen molar-refractivity contribution in [3.8, 4) is 44.5 Å². The maximum atomic E-state index is 2.45. The van der Waals surface area contributed by atoms with E-state index in [9.17, 15) is 0 Å². The lowest BCUT2D eigenvalue weighted by Crippen LogP contribution is -1.98. The second-order valence-corrected chi connectivity index (χ2v) is 19.1. The van der Waals surface area contributed by atoms with Gasteiger partial charge in [0.15, 0.2) is 0 Å². The van der Waals surface area contributed by atoms with Crippen LogP contribution in [0.2, 0.25) is 0 Å². The smallest absolute Gasteiger partial charge is 0.00263 e. The Bertz CT molecular complexity index is 3220. The highest BCUT2D eigenvalue weighted by molar-refractivity contribution is 6.23. The van der Waals surface area contributed by atoms with Gasteiger partial charge in [-0.2, -0.15) is 0 Å². The molecule has 0 N–H and O–H groups in total. The Labute approximate surface area is 390 Å². The van der Waals surface area contributed by atoms with E-state index in [-0.39, 0.29) is 0 Å². The molecule has 10 aromatic rings. The van der Waals surface area contributed by atoms with Crippen LogP contribution in [0.3, 0.4) is 0 Å². The third-order valence-electron chi connectivity index (χ3n) is 14.2. The van der Waals surface area contributed by atoms with Crippen molar-refractivity contribution in [1.29, 1.82) is 0 Å². The molecule has 0 bridgehead atoms. The molecule has 0 atom stereocenters. The molecule has 10 aromatic carbocycles. The van der Waals surface area contributed by atoms with Crippen molar-refractivity contribution in [3.05, 3.63) is 228 Å². The summed E-state index contributed by atoms with van der Waals surface area (Å²) in [7, 11) is 0. The number of hydrogen-bond acceptors (Lipinski definition) is 0. The molecule has 11 rings (SSSR count). The van der Waals surface area contributed by atoms with Gasteiger partial charge < -0.3 is 0 Å². The predicted molar refractivity (Wildman–Crippen MR) is 287 cm³/mol. The quantitative estimate of drug-likeness (QED) is 0.134. The van der Waals surface area contributed by atoms with Gasteiger partial charge in [0.25, 0.3) is 0 Å². The molecular formula is C66H56. The summed E-state index contributed by atoms with van der Waals surface area (Å²) in [4.78, 5) is 0. The van der Waals surface area contributed by atoms with Gasteiger partial charge in [0.1, 0.15) is 0 Å². The van der Waals surface area contributed by atoms with Crippen LogP contribution in [0.4, 0.5) is 0 Å². The third kappa shape index (κ3) is 7.75. The summed E-state index contributed by atoms with van der Waals surface area (Å²) in [6.45, 7) is 9.16. The van der Waals surface area contributed by atoms with Crippen LogP contribution in [0.5, 0.6) is 0 Å². The Hall–Kier alpha value is -7.28. The Kier molecular flexibility index (Phi) is 11.0. The van der Waals surface area contributed by atoms with Crippen molar-refractivity contribution in [1.82, 2.24) is 0 Å². The molecular weight excluding hydrogens is 793 g/mol. The summed E-state index contributed by atoms with van der Waals surface area (Å²) in [5.41, 5.74) is 18.7. The molecule has 1 aliphatic carbocycles. The Morgan fingerprint density at radius 2 is 0.576 bits per heavy atom. The number of hydrogen-bond donors (Lipinski definition) is 0. The molecule has 1 saturated carbocycles. The average molecular weight is 849 g/mol. The van der Waals surface area contributed by atoms with E-state index in [0.29, 0.717) is 11.8 Å². The van der Waals surface area contributed by atoms with Crippen molar-refractivity contribution >= 4 is 55.2 Å². The Balaban J connectivity index is 0.858. The number of allylic oxidation sites excluding steroid dienone is 2. The summed E-state index contributed by atoms with van der Waals surface area (Å²) in [5.74, 6) is 0.907. The second-order valence-electron chi connectivity index (χ2n) is 19.1. The van der Waals surface area contributed by atoms with Crippen LogP contribution in [-0.4, -0.2) is 0 Å². The van der Waals surface area contributed by atoms with Gasteiger partial charge in [-0.05, 0) is 147 Å². The fourth-order valence-corrected chi connectivity index (χ4v) is 10.7. The van der Waals surface area contributed by atoms with Crippen molar-refractivity contribution in [3.63, 3.8) is 0 Å². The average Bonchev–Trinajstić information content (AvgIpc) is 3.36. The van der Waals surface area contributed by atoms with E-state index in [4.69, 9.17) is 0 Å². The van der Waals surface area contributed by atoms with E-state index >= 15 is 0 Å². The van der Waals surface area contributed by atoms with E-state index in [0.717, 1.165) is 25.7 Å². The molecule has 0 heteroatoms. The molecule has 1 fully saturated rings. The zero-order valence-corrected chi connectivity index (χ0v) is 38.6. The van der Waals surface area contributed by atoms with Gasteiger partial charge in [0, 0.05) is 0 Å². The summed E-state index contributed by atoms with van der Waals surface area (Å²) in [6, 6.07) is 72.8. The molecule has 0 amide bonds. The van der Waals surface area contributed by atoms with Crippen molar-refractivity contribution in [2.45, 2.75) is 65.2 Å². The van der Waals surface area contributed by atoms with Crippen LogP contribution in [0, 0.1) is 0 Å². The zero-order chi connectivity index (χ0) is 44.7. The van der Waals surface area contributed by atoms with Gasteiger partial charge in [-0.1, -0.05) is 245 Å². The maximum Gasteiger partial charge on any atom is -0.00263 e. The van der Waals surface area contributed by atoms with Crippen molar-refractivity contribution in [2.75, 3.05) is 0 Å². The van der Waals surface area contributed by atoms with Gasteiger partial charge in [-0.3, -0.25) is 0 Å². The van der Waals surface area contributed by atoms with E-state index in [1.165, 1.54) is 121 Å². The fraction of sp³-hybridized carbons (Fsp3) is 0.152. The van der Waals surface area contributed by atoms with Crippen molar-refractivity contribution in [2.24, 2.45) is 0 Å². The van der Waals surface area contributed by atoms with Gasteiger partial charge in [-0.15, -0.1) is 0 Å². The van der Waals surface area contributed by atoms with Crippen LogP contribution in [0.1, 0.15) is 87.5 Å². The lowest BCUT2D eigenvalue weighted by atomic mass is 9.84. The highest BCUT2D eigenvalue weighted by atomic mass is 14.2. The standard InChI is InChI=1S/C66H56/c1-43(2)53-35-37-59-61(41-53)65(49-15-7-5-8-16-49)57-21-13-11-19-55(57)63(59)51-31-27-47(28-32-51)39-45-23-25-46(26-24-45)40-48-29-33-52(34-30-48)64-56-20-12-14-22-58(56)66(50-17-9-6-10-18-50)62-42-54(44(3)4)36-38-60(62)64/h5-22,27-44H,23-26H2,1-4H3. The second kappa shape index (κ2) is 17.6. The van der Waals surface area contributed by atoms with E-state index in [1.54, 1.807) is 0 Å². The number of fused-ring (bicyclic) bond motifs is 4.